The van der Waals surface area contributed by atoms with Gasteiger partial charge in [-0.05, 0) is 62.3 Å². The van der Waals surface area contributed by atoms with Gasteiger partial charge in [-0.3, -0.25) is 0 Å². The summed E-state index contributed by atoms with van der Waals surface area (Å²) in [4.78, 5) is 9.43. The van der Waals surface area contributed by atoms with Crippen LogP contribution < -0.4 is 5.19 Å². The third-order valence-corrected chi connectivity index (χ3v) is 11.7. The standard InChI is InChI=1S/C28H28NSi.C22H22N.Ir/c1-21(22-12-7-5-8-13-22)26-19-27(29-20-28(26)30(2,3)4)25-17-11-16-24(18-25)23-14-9-6-10-15-23;1-22(2,3)20-11-7-10-19(16-20)21-15-18(12-13-23-21)14-17-8-5-4-6-9-17;/h5-16,18-21H,1-4H3;4-9,11-13,15-16H,14H2,1-3H3;/q2*-1;. The summed E-state index contributed by atoms with van der Waals surface area (Å²) < 4.78 is 0. The van der Waals surface area contributed by atoms with E-state index >= 15 is 0 Å². The van der Waals surface area contributed by atoms with Gasteiger partial charge in [-0.1, -0.05) is 150 Å². The monoisotopic (exact) mass is 899 g/mol. The summed E-state index contributed by atoms with van der Waals surface area (Å²) in [7, 11) is -1.53. The molecule has 5 aromatic carbocycles. The first-order chi connectivity index (χ1) is 25.5. The fraction of sp³-hybridized carbons (Fsp3) is 0.200. The van der Waals surface area contributed by atoms with Gasteiger partial charge < -0.3 is 9.97 Å². The van der Waals surface area contributed by atoms with E-state index in [1.807, 2.05) is 24.4 Å². The minimum absolute atomic E-state index is 0. The number of hydrogen-bond acceptors (Lipinski definition) is 2. The van der Waals surface area contributed by atoms with Crippen molar-refractivity contribution in [2.45, 2.75) is 65.1 Å². The number of pyridine rings is 2. The van der Waals surface area contributed by atoms with Crippen LogP contribution in [0.1, 0.15) is 61.4 Å². The maximum absolute atomic E-state index is 4.89. The smallest absolute Gasteiger partial charge is 0.0799 e. The Balaban J connectivity index is 0.000000211. The first-order valence-electron chi connectivity index (χ1n) is 18.6. The molecule has 0 saturated heterocycles. The second-order valence-electron chi connectivity index (χ2n) is 15.8. The Kier molecular flexibility index (Phi) is 13.5. The van der Waals surface area contributed by atoms with E-state index < -0.39 is 8.07 Å². The fourth-order valence-electron chi connectivity index (χ4n) is 6.59. The first kappa shape index (κ1) is 40.5. The Morgan fingerprint density at radius 2 is 1.20 bits per heavy atom. The van der Waals surface area contributed by atoms with Gasteiger partial charge in [-0.25, -0.2) is 0 Å². The van der Waals surface area contributed by atoms with Crippen LogP contribution in [0.25, 0.3) is 33.6 Å². The van der Waals surface area contributed by atoms with Gasteiger partial charge in [-0.2, -0.15) is 0 Å². The van der Waals surface area contributed by atoms with Gasteiger partial charge in [0.15, 0.2) is 0 Å². The zero-order chi connectivity index (χ0) is 37.4. The van der Waals surface area contributed by atoms with Gasteiger partial charge in [0.05, 0.1) is 8.07 Å². The van der Waals surface area contributed by atoms with Gasteiger partial charge in [0, 0.05) is 38.4 Å². The maximum Gasteiger partial charge on any atom is 0.0799 e. The van der Waals surface area contributed by atoms with E-state index in [1.165, 1.54) is 44.1 Å². The number of rotatable bonds is 8. The molecule has 1 unspecified atom stereocenters. The third-order valence-electron chi connectivity index (χ3n) is 9.71. The second kappa shape index (κ2) is 18.1. The molecule has 0 N–H and O–H groups in total. The summed E-state index contributed by atoms with van der Waals surface area (Å²) in [5.74, 6) is 0.326. The molecule has 0 saturated carbocycles. The van der Waals surface area contributed by atoms with E-state index in [2.05, 4.69) is 198 Å². The molecule has 7 rings (SSSR count). The average molecular weight is 899 g/mol. The molecule has 0 bridgehead atoms. The summed E-state index contributed by atoms with van der Waals surface area (Å²) in [6, 6.07) is 57.7. The van der Waals surface area contributed by atoms with Crippen molar-refractivity contribution >= 4 is 13.3 Å². The quantitative estimate of drug-likeness (QED) is 0.112. The molecular formula is C50H50IrN2Si-2. The van der Waals surface area contributed by atoms with Gasteiger partial charge in [0.25, 0.3) is 0 Å². The van der Waals surface area contributed by atoms with Crippen LogP contribution in [0.5, 0.6) is 0 Å². The van der Waals surface area contributed by atoms with E-state index in [1.54, 1.807) is 0 Å². The van der Waals surface area contributed by atoms with Crippen LogP contribution in [0, 0.1) is 12.1 Å². The normalized spacial score (nSPS) is 11.8. The Labute approximate surface area is 338 Å². The molecule has 1 radical (unpaired) electrons. The van der Waals surface area contributed by atoms with Crippen molar-refractivity contribution in [1.29, 1.82) is 0 Å². The zero-order valence-electron chi connectivity index (χ0n) is 32.5. The van der Waals surface area contributed by atoms with Crippen LogP contribution in [0.15, 0.2) is 158 Å². The molecule has 0 aliphatic carbocycles. The molecule has 0 spiro atoms. The van der Waals surface area contributed by atoms with Crippen molar-refractivity contribution in [3.05, 3.63) is 198 Å². The van der Waals surface area contributed by atoms with Crippen LogP contribution in [-0.2, 0) is 31.9 Å². The Morgan fingerprint density at radius 1 is 0.611 bits per heavy atom. The maximum atomic E-state index is 4.89. The van der Waals surface area contributed by atoms with Crippen LogP contribution in [0.4, 0.5) is 0 Å². The summed E-state index contributed by atoms with van der Waals surface area (Å²) in [5, 5.41) is 1.43. The molecule has 54 heavy (non-hydrogen) atoms. The van der Waals surface area contributed by atoms with Crippen molar-refractivity contribution in [1.82, 2.24) is 9.97 Å². The molecular weight excluding hydrogens is 849 g/mol. The predicted molar refractivity (Wildman–Crippen MR) is 227 cm³/mol. The molecule has 0 fully saturated rings. The van der Waals surface area contributed by atoms with Crippen molar-refractivity contribution < 1.29 is 20.1 Å². The summed E-state index contributed by atoms with van der Waals surface area (Å²) in [5.41, 5.74) is 13.3. The van der Waals surface area contributed by atoms with Gasteiger partial charge in [0.2, 0.25) is 0 Å². The fourth-order valence-corrected chi connectivity index (χ4v) is 8.20. The van der Waals surface area contributed by atoms with Gasteiger partial charge in [-0.15, -0.1) is 70.8 Å². The second-order valence-corrected chi connectivity index (χ2v) is 20.9. The Bertz CT molecular complexity index is 2240. The SMILES string of the molecule is CC(C)(C)c1cc[c-]c(-c2cc(Cc3ccccc3)ccn2)c1.CC(c1ccccc1)c1cc(-c2[c-]ccc(-c3ccccc3)c2)ncc1[Si](C)(C)C.[Ir]. The third kappa shape index (κ3) is 10.5. The first-order valence-corrected chi connectivity index (χ1v) is 22.1. The van der Waals surface area contributed by atoms with Gasteiger partial charge >= 0.3 is 0 Å². The molecule has 2 heterocycles. The summed E-state index contributed by atoms with van der Waals surface area (Å²) >= 11 is 0. The minimum Gasteiger partial charge on any atom is -0.305 e. The molecule has 7 aromatic rings. The van der Waals surface area contributed by atoms with E-state index in [9.17, 15) is 0 Å². The molecule has 0 aliphatic rings. The van der Waals surface area contributed by atoms with E-state index in [0.717, 1.165) is 28.9 Å². The minimum atomic E-state index is -1.53. The van der Waals surface area contributed by atoms with Crippen molar-refractivity contribution in [3.8, 4) is 33.6 Å². The molecule has 2 nitrogen and oxygen atoms in total. The molecule has 0 aliphatic heterocycles. The Morgan fingerprint density at radius 3 is 1.85 bits per heavy atom. The van der Waals surface area contributed by atoms with E-state index in [0.29, 0.717) is 5.92 Å². The molecule has 275 valence electrons. The van der Waals surface area contributed by atoms with Crippen LogP contribution in [0.2, 0.25) is 19.6 Å². The Hall–Kier alpha value is -4.73. The van der Waals surface area contributed by atoms with E-state index in [-0.39, 0.29) is 25.5 Å². The largest absolute Gasteiger partial charge is 0.305 e. The average Bonchev–Trinajstić information content (AvgIpc) is 3.18. The zero-order valence-corrected chi connectivity index (χ0v) is 35.9. The molecule has 1 atom stereocenters. The number of benzene rings is 5. The number of hydrogen-bond donors (Lipinski definition) is 0. The van der Waals surface area contributed by atoms with Crippen LogP contribution in [-0.4, -0.2) is 18.0 Å². The molecule has 2 aromatic heterocycles. The van der Waals surface area contributed by atoms with E-state index in [4.69, 9.17) is 4.98 Å². The number of aromatic nitrogens is 2. The van der Waals surface area contributed by atoms with Crippen molar-refractivity contribution in [2.75, 3.05) is 0 Å². The molecule has 4 heteroatoms. The topological polar surface area (TPSA) is 25.8 Å². The van der Waals surface area contributed by atoms with Crippen molar-refractivity contribution in [3.63, 3.8) is 0 Å². The molecule has 0 amide bonds. The van der Waals surface area contributed by atoms with Crippen molar-refractivity contribution in [2.24, 2.45) is 0 Å². The van der Waals surface area contributed by atoms with Crippen LogP contribution >= 0.6 is 0 Å². The predicted octanol–water partition coefficient (Wildman–Crippen LogP) is 12.3. The summed E-state index contributed by atoms with van der Waals surface area (Å²) in [6.07, 6.45) is 4.94. The van der Waals surface area contributed by atoms with Gasteiger partial charge in [0.1, 0.15) is 0 Å². The summed E-state index contributed by atoms with van der Waals surface area (Å²) in [6.45, 7) is 16.2. The van der Waals surface area contributed by atoms with Crippen LogP contribution in [0.3, 0.4) is 0 Å². The number of nitrogens with zero attached hydrogens (tertiary/aromatic N) is 2.